The van der Waals surface area contributed by atoms with E-state index in [0.717, 1.165) is 10.5 Å². The van der Waals surface area contributed by atoms with Gasteiger partial charge in [-0.05, 0) is 36.2 Å². The van der Waals surface area contributed by atoms with Gasteiger partial charge in [-0.2, -0.15) is 0 Å². The first-order chi connectivity index (χ1) is 10.5. The summed E-state index contributed by atoms with van der Waals surface area (Å²) in [7, 11) is 0. The second-order valence-corrected chi connectivity index (χ2v) is 5.31. The summed E-state index contributed by atoms with van der Waals surface area (Å²) in [4.78, 5) is 29.9. The highest BCUT2D eigenvalue weighted by atomic mass is 19.1. The lowest BCUT2D eigenvalue weighted by Gasteiger charge is -2.22. The molecule has 1 unspecified atom stereocenters. The van der Waals surface area contributed by atoms with E-state index in [-0.39, 0.29) is 12.5 Å². The molecule has 0 spiro atoms. The summed E-state index contributed by atoms with van der Waals surface area (Å²) < 4.78 is 13.0. The number of carbonyl (C=O) groups excluding carboxylic acids is 2. The van der Waals surface area contributed by atoms with E-state index >= 15 is 0 Å². The van der Waals surface area contributed by atoms with Crippen molar-refractivity contribution in [3.05, 3.63) is 65.7 Å². The number of pyridine rings is 1. The van der Waals surface area contributed by atoms with Gasteiger partial charge in [-0.1, -0.05) is 18.2 Å². The Morgan fingerprint density at radius 1 is 1.23 bits per heavy atom. The lowest BCUT2D eigenvalue weighted by Crippen LogP contribution is -2.40. The third-order valence-corrected chi connectivity index (χ3v) is 3.76. The maximum Gasteiger partial charge on any atom is 0.325 e. The van der Waals surface area contributed by atoms with Crippen molar-refractivity contribution in [2.75, 3.05) is 0 Å². The van der Waals surface area contributed by atoms with Crippen molar-refractivity contribution in [1.82, 2.24) is 15.2 Å². The van der Waals surface area contributed by atoms with E-state index in [9.17, 15) is 14.0 Å². The van der Waals surface area contributed by atoms with Gasteiger partial charge in [0.1, 0.15) is 11.4 Å². The fraction of sp³-hybridized carbons (Fsp3) is 0.188. The zero-order valence-corrected chi connectivity index (χ0v) is 11.9. The van der Waals surface area contributed by atoms with E-state index in [1.807, 2.05) is 0 Å². The summed E-state index contributed by atoms with van der Waals surface area (Å²) in [6.45, 7) is 1.76. The molecule has 1 saturated heterocycles. The first-order valence-electron chi connectivity index (χ1n) is 6.80. The number of hydrogen-bond acceptors (Lipinski definition) is 3. The standard InChI is InChI=1S/C16H14FN3O2/c1-16(12-4-6-13(17)7-5-12)14(21)20(15(22)19-16)10-11-3-2-8-18-9-11/h2-9H,10H2,1H3,(H,19,22). The van der Waals surface area contributed by atoms with Gasteiger partial charge in [-0.15, -0.1) is 0 Å². The zero-order valence-electron chi connectivity index (χ0n) is 11.9. The van der Waals surface area contributed by atoms with Crippen LogP contribution in [0.4, 0.5) is 9.18 Å². The number of imide groups is 1. The van der Waals surface area contributed by atoms with Crippen molar-refractivity contribution in [3.8, 4) is 0 Å². The summed E-state index contributed by atoms with van der Waals surface area (Å²) in [5.74, 6) is -0.760. The summed E-state index contributed by atoms with van der Waals surface area (Å²) in [6.07, 6.45) is 3.23. The smallest absolute Gasteiger partial charge is 0.319 e. The van der Waals surface area contributed by atoms with Crippen LogP contribution in [0.1, 0.15) is 18.1 Å². The van der Waals surface area contributed by atoms with Gasteiger partial charge in [0.25, 0.3) is 5.91 Å². The molecule has 0 aliphatic carbocycles. The minimum atomic E-state index is -1.19. The number of nitrogens with zero attached hydrogens (tertiary/aromatic N) is 2. The molecule has 0 saturated carbocycles. The summed E-state index contributed by atoms with van der Waals surface area (Å²) in [5.41, 5.74) is 0.114. The molecule has 1 atom stereocenters. The SMILES string of the molecule is CC1(c2ccc(F)cc2)NC(=O)N(Cc2cccnc2)C1=O. The molecule has 3 rings (SSSR count). The first-order valence-corrected chi connectivity index (χ1v) is 6.80. The average Bonchev–Trinajstić information content (AvgIpc) is 2.73. The van der Waals surface area contributed by atoms with Gasteiger partial charge < -0.3 is 5.32 Å². The number of rotatable bonds is 3. The number of benzene rings is 1. The van der Waals surface area contributed by atoms with Crippen molar-refractivity contribution < 1.29 is 14.0 Å². The molecule has 3 amide bonds. The molecule has 1 aliphatic rings. The molecule has 5 nitrogen and oxygen atoms in total. The molecule has 22 heavy (non-hydrogen) atoms. The van der Waals surface area contributed by atoms with Gasteiger partial charge in [-0.3, -0.25) is 14.7 Å². The number of aromatic nitrogens is 1. The first kappa shape index (κ1) is 14.2. The van der Waals surface area contributed by atoms with E-state index in [1.54, 1.807) is 31.5 Å². The number of halogens is 1. The molecule has 1 aliphatic heterocycles. The predicted octanol–water partition coefficient (Wildman–Crippen LogP) is 2.19. The number of urea groups is 1. The minimum absolute atomic E-state index is 0.148. The van der Waals surface area contributed by atoms with Crippen LogP contribution >= 0.6 is 0 Å². The fourth-order valence-corrected chi connectivity index (χ4v) is 2.49. The molecule has 1 aromatic carbocycles. The van der Waals surface area contributed by atoms with Gasteiger partial charge in [0.2, 0.25) is 0 Å². The van der Waals surface area contributed by atoms with Crippen molar-refractivity contribution >= 4 is 11.9 Å². The van der Waals surface area contributed by atoms with Gasteiger partial charge in [-0.25, -0.2) is 9.18 Å². The Balaban J connectivity index is 1.89. The Morgan fingerprint density at radius 2 is 1.95 bits per heavy atom. The highest BCUT2D eigenvalue weighted by Gasteiger charge is 2.48. The van der Waals surface area contributed by atoms with Gasteiger partial charge in [0, 0.05) is 12.4 Å². The molecule has 0 bridgehead atoms. The number of amides is 3. The highest BCUT2D eigenvalue weighted by molar-refractivity contribution is 6.07. The Kier molecular flexibility index (Phi) is 3.36. The maximum absolute atomic E-state index is 13.0. The summed E-state index contributed by atoms with van der Waals surface area (Å²) in [5, 5.41) is 2.68. The van der Waals surface area contributed by atoms with Crippen LogP contribution < -0.4 is 5.32 Å². The zero-order chi connectivity index (χ0) is 15.7. The summed E-state index contributed by atoms with van der Waals surface area (Å²) >= 11 is 0. The maximum atomic E-state index is 13.0. The van der Waals surface area contributed by atoms with Crippen LogP contribution in [0.15, 0.2) is 48.8 Å². The van der Waals surface area contributed by atoms with Crippen molar-refractivity contribution in [2.24, 2.45) is 0 Å². The normalized spacial score (nSPS) is 21.1. The van der Waals surface area contributed by atoms with E-state index < -0.39 is 17.4 Å². The average molecular weight is 299 g/mol. The van der Waals surface area contributed by atoms with Crippen LogP contribution in [0.5, 0.6) is 0 Å². The Bertz CT molecular complexity index is 718. The van der Waals surface area contributed by atoms with Crippen molar-refractivity contribution in [3.63, 3.8) is 0 Å². The second kappa shape index (κ2) is 5.22. The quantitative estimate of drug-likeness (QED) is 0.884. The van der Waals surface area contributed by atoms with Crippen LogP contribution in [-0.2, 0) is 16.9 Å². The monoisotopic (exact) mass is 299 g/mol. The number of nitrogens with one attached hydrogen (secondary N) is 1. The van der Waals surface area contributed by atoms with Crippen LogP contribution in [0, 0.1) is 5.82 Å². The van der Waals surface area contributed by atoms with Gasteiger partial charge >= 0.3 is 6.03 Å². The van der Waals surface area contributed by atoms with Crippen LogP contribution in [0.2, 0.25) is 0 Å². The van der Waals surface area contributed by atoms with Crippen LogP contribution in [-0.4, -0.2) is 21.8 Å². The predicted molar refractivity (Wildman–Crippen MR) is 77.1 cm³/mol. The van der Waals surface area contributed by atoms with Crippen molar-refractivity contribution in [2.45, 2.75) is 19.0 Å². The Hall–Kier alpha value is -2.76. The molecule has 2 heterocycles. The molecule has 1 fully saturated rings. The van der Waals surface area contributed by atoms with Crippen LogP contribution in [0.25, 0.3) is 0 Å². The minimum Gasteiger partial charge on any atom is -0.319 e. The van der Waals surface area contributed by atoms with E-state index in [2.05, 4.69) is 10.3 Å². The lowest BCUT2D eigenvalue weighted by atomic mass is 9.92. The fourth-order valence-electron chi connectivity index (χ4n) is 2.49. The molecular weight excluding hydrogens is 285 g/mol. The van der Waals surface area contributed by atoms with E-state index in [0.29, 0.717) is 5.56 Å². The van der Waals surface area contributed by atoms with E-state index in [4.69, 9.17) is 0 Å². The lowest BCUT2D eigenvalue weighted by molar-refractivity contribution is -0.131. The Morgan fingerprint density at radius 3 is 2.59 bits per heavy atom. The molecule has 2 aromatic rings. The van der Waals surface area contributed by atoms with Crippen molar-refractivity contribution in [1.29, 1.82) is 0 Å². The molecule has 0 radical (unpaired) electrons. The molecule has 1 aromatic heterocycles. The largest absolute Gasteiger partial charge is 0.325 e. The second-order valence-electron chi connectivity index (χ2n) is 5.31. The number of carbonyl (C=O) groups is 2. The summed E-state index contributed by atoms with van der Waals surface area (Å²) in [6, 6.07) is 8.60. The highest BCUT2D eigenvalue weighted by Crippen LogP contribution is 2.29. The molecule has 112 valence electrons. The van der Waals surface area contributed by atoms with Crippen LogP contribution in [0.3, 0.4) is 0 Å². The molecule has 1 N–H and O–H groups in total. The topological polar surface area (TPSA) is 62.3 Å². The molecular formula is C16H14FN3O2. The third-order valence-electron chi connectivity index (χ3n) is 3.76. The third kappa shape index (κ3) is 2.32. The van der Waals surface area contributed by atoms with Gasteiger partial charge in [0.05, 0.1) is 6.54 Å². The van der Waals surface area contributed by atoms with E-state index in [1.165, 1.54) is 24.3 Å². The Labute approximate surface area is 126 Å². The number of hydrogen-bond donors (Lipinski definition) is 1. The van der Waals surface area contributed by atoms with Gasteiger partial charge in [0.15, 0.2) is 0 Å². The molecule has 6 heteroatoms.